The Morgan fingerprint density at radius 2 is 1.73 bits per heavy atom. The third-order valence-electron chi connectivity index (χ3n) is 2.31. The summed E-state index contributed by atoms with van der Waals surface area (Å²) in [4.78, 5) is 11.5. The number of benzene rings is 1. The first kappa shape index (κ1) is 11.8. The zero-order valence-corrected chi connectivity index (χ0v) is 8.48. The maximum absolute atomic E-state index is 13.2. The van der Waals surface area contributed by atoms with E-state index in [1.165, 1.54) is 0 Å². The molecule has 0 saturated heterocycles. The van der Waals surface area contributed by atoms with Crippen LogP contribution in [-0.2, 0) is 0 Å². The number of halogens is 3. The van der Waals surface area contributed by atoms with Crippen LogP contribution in [-0.4, -0.2) is 5.78 Å². The molecule has 0 aliphatic carbocycles. The van der Waals surface area contributed by atoms with Crippen molar-refractivity contribution >= 4 is 5.78 Å². The van der Waals surface area contributed by atoms with Gasteiger partial charge in [0.2, 0.25) is 0 Å². The molecule has 1 rings (SSSR count). The monoisotopic (exact) mass is 216 g/mol. The topological polar surface area (TPSA) is 17.1 Å². The number of hydrogen-bond donors (Lipinski definition) is 0. The summed E-state index contributed by atoms with van der Waals surface area (Å²) in [5, 5.41) is 0. The van der Waals surface area contributed by atoms with Crippen molar-refractivity contribution in [2.75, 3.05) is 0 Å². The zero-order valence-electron chi connectivity index (χ0n) is 8.48. The Kier molecular flexibility index (Phi) is 3.50. The van der Waals surface area contributed by atoms with E-state index in [1.807, 2.05) is 0 Å². The fraction of sp³-hybridized carbons (Fsp3) is 0.364. The number of rotatable bonds is 3. The molecule has 15 heavy (non-hydrogen) atoms. The van der Waals surface area contributed by atoms with Gasteiger partial charge in [-0.2, -0.15) is 0 Å². The average Bonchev–Trinajstić information content (AvgIpc) is 2.14. The molecular formula is C11H11F3O. The molecule has 0 bridgehead atoms. The first-order valence-electron chi connectivity index (χ1n) is 4.66. The van der Waals surface area contributed by atoms with Gasteiger partial charge in [0, 0.05) is 18.1 Å². The summed E-state index contributed by atoms with van der Waals surface area (Å²) in [7, 11) is 0. The zero-order chi connectivity index (χ0) is 11.6. The lowest BCUT2D eigenvalue weighted by Crippen LogP contribution is -2.14. The van der Waals surface area contributed by atoms with Gasteiger partial charge in [0.15, 0.2) is 5.78 Å². The summed E-state index contributed by atoms with van der Waals surface area (Å²) in [6, 6.07) is 1.03. The molecule has 0 aliphatic rings. The van der Waals surface area contributed by atoms with Crippen molar-refractivity contribution < 1.29 is 18.0 Å². The van der Waals surface area contributed by atoms with E-state index >= 15 is 0 Å². The third kappa shape index (κ3) is 2.37. The van der Waals surface area contributed by atoms with E-state index < -0.39 is 34.7 Å². The normalized spacial score (nSPS) is 12.6. The van der Waals surface area contributed by atoms with Gasteiger partial charge >= 0.3 is 0 Å². The average molecular weight is 216 g/mol. The molecule has 1 nitrogen and oxygen atoms in total. The summed E-state index contributed by atoms with van der Waals surface area (Å²) in [6.07, 6.45) is 0.481. The lowest BCUT2D eigenvalue weighted by molar-refractivity contribution is 0.0918. The third-order valence-corrected chi connectivity index (χ3v) is 2.31. The number of carbonyl (C=O) groups is 1. The van der Waals surface area contributed by atoms with Crippen molar-refractivity contribution in [3.63, 3.8) is 0 Å². The maximum Gasteiger partial charge on any atom is 0.171 e. The van der Waals surface area contributed by atoms with E-state index in [9.17, 15) is 18.0 Å². The Labute approximate surface area is 85.9 Å². The van der Waals surface area contributed by atoms with Crippen LogP contribution in [0, 0.1) is 23.4 Å². The Morgan fingerprint density at radius 3 is 2.13 bits per heavy atom. The molecule has 0 amide bonds. The number of hydrogen-bond acceptors (Lipinski definition) is 1. The molecule has 0 aliphatic heterocycles. The van der Waals surface area contributed by atoms with Crippen LogP contribution in [0.4, 0.5) is 13.2 Å². The summed E-state index contributed by atoms with van der Waals surface area (Å²) in [5.74, 6) is -4.41. The Bertz CT molecular complexity index is 364. The minimum Gasteiger partial charge on any atom is -0.294 e. The molecule has 0 aromatic heterocycles. The van der Waals surface area contributed by atoms with Crippen molar-refractivity contribution in [3.05, 3.63) is 35.1 Å². The highest BCUT2D eigenvalue weighted by Gasteiger charge is 2.22. The fourth-order valence-corrected chi connectivity index (χ4v) is 1.21. The van der Waals surface area contributed by atoms with Crippen LogP contribution >= 0.6 is 0 Å². The summed E-state index contributed by atoms with van der Waals surface area (Å²) in [5.41, 5.74) is -0.647. The molecule has 0 N–H and O–H groups in total. The summed E-state index contributed by atoms with van der Waals surface area (Å²) < 4.78 is 38.9. The molecular weight excluding hydrogens is 205 g/mol. The number of Topliss-reactive ketones (excluding diaryl/α,β-unsaturated/α-hetero) is 1. The van der Waals surface area contributed by atoms with Crippen LogP contribution in [0.25, 0.3) is 0 Å². The van der Waals surface area contributed by atoms with Crippen LogP contribution in [0.2, 0.25) is 0 Å². The van der Waals surface area contributed by atoms with Gasteiger partial charge in [-0.15, -0.1) is 0 Å². The van der Waals surface area contributed by atoms with Crippen LogP contribution in [0.3, 0.4) is 0 Å². The van der Waals surface area contributed by atoms with Crippen LogP contribution < -0.4 is 0 Å². The van der Waals surface area contributed by atoms with E-state index in [4.69, 9.17) is 0 Å². The SMILES string of the molecule is CCC(C)C(=O)c1c(F)cc(F)cc1F. The van der Waals surface area contributed by atoms with Gasteiger partial charge in [0.25, 0.3) is 0 Å². The van der Waals surface area contributed by atoms with Gasteiger partial charge in [-0.3, -0.25) is 4.79 Å². The molecule has 1 aromatic rings. The highest BCUT2D eigenvalue weighted by Crippen LogP contribution is 2.19. The molecule has 0 fully saturated rings. The van der Waals surface area contributed by atoms with E-state index in [0.29, 0.717) is 18.6 Å². The number of ketones is 1. The van der Waals surface area contributed by atoms with E-state index in [0.717, 1.165) is 0 Å². The first-order chi connectivity index (χ1) is 6.97. The maximum atomic E-state index is 13.2. The quantitative estimate of drug-likeness (QED) is 0.708. The molecule has 0 radical (unpaired) electrons. The van der Waals surface area contributed by atoms with E-state index in [-0.39, 0.29) is 0 Å². The summed E-state index contributed by atoms with van der Waals surface area (Å²) >= 11 is 0. The molecule has 0 saturated carbocycles. The smallest absolute Gasteiger partial charge is 0.171 e. The van der Waals surface area contributed by atoms with Crippen molar-refractivity contribution in [2.45, 2.75) is 20.3 Å². The van der Waals surface area contributed by atoms with Crippen LogP contribution in [0.15, 0.2) is 12.1 Å². The van der Waals surface area contributed by atoms with Crippen molar-refractivity contribution in [1.29, 1.82) is 0 Å². The molecule has 0 heterocycles. The second-order valence-corrected chi connectivity index (χ2v) is 3.42. The van der Waals surface area contributed by atoms with Gasteiger partial charge in [-0.1, -0.05) is 13.8 Å². The first-order valence-corrected chi connectivity index (χ1v) is 4.66. The predicted octanol–water partition coefficient (Wildman–Crippen LogP) is 3.33. The molecule has 82 valence electrons. The highest BCUT2D eigenvalue weighted by atomic mass is 19.1. The van der Waals surface area contributed by atoms with E-state index in [2.05, 4.69) is 0 Å². The van der Waals surface area contributed by atoms with Gasteiger partial charge in [-0.25, -0.2) is 13.2 Å². The predicted molar refractivity (Wildman–Crippen MR) is 50.1 cm³/mol. The lowest BCUT2D eigenvalue weighted by Gasteiger charge is -2.09. The molecule has 1 atom stereocenters. The minimum absolute atomic E-state index is 0.473. The van der Waals surface area contributed by atoms with Gasteiger partial charge in [0.05, 0.1) is 5.56 Å². The molecule has 1 aromatic carbocycles. The van der Waals surface area contributed by atoms with Gasteiger partial charge in [0.1, 0.15) is 17.5 Å². The van der Waals surface area contributed by atoms with Crippen molar-refractivity contribution in [1.82, 2.24) is 0 Å². The van der Waals surface area contributed by atoms with Crippen molar-refractivity contribution in [2.24, 2.45) is 5.92 Å². The molecule has 1 unspecified atom stereocenters. The Balaban J connectivity index is 3.20. The molecule has 0 spiro atoms. The molecule has 4 heteroatoms. The van der Waals surface area contributed by atoms with E-state index in [1.54, 1.807) is 13.8 Å². The number of carbonyl (C=O) groups excluding carboxylic acids is 1. The Morgan fingerprint density at radius 1 is 1.27 bits per heavy atom. The van der Waals surface area contributed by atoms with Gasteiger partial charge in [-0.05, 0) is 6.42 Å². The van der Waals surface area contributed by atoms with Gasteiger partial charge < -0.3 is 0 Å². The summed E-state index contributed by atoms with van der Waals surface area (Å²) in [6.45, 7) is 3.31. The fourth-order valence-electron chi connectivity index (χ4n) is 1.21. The minimum atomic E-state index is -1.14. The van der Waals surface area contributed by atoms with Crippen molar-refractivity contribution in [3.8, 4) is 0 Å². The Hall–Kier alpha value is -1.32. The van der Waals surface area contributed by atoms with Crippen LogP contribution in [0.5, 0.6) is 0 Å². The second-order valence-electron chi connectivity index (χ2n) is 3.42. The largest absolute Gasteiger partial charge is 0.294 e. The highest BCUT2D eigenvalue weighted by molar-refractivity contribution is 5.98. The lowest BCUT2D eigenvalue weighted by atomic mass is 9.96. The van der Waals surface area contributed by atoms with Crippen LogP contribution in [0.1, 0.15) is 30.6 Å². The second kappa shape index (κ2) is 4.47. The standard InChI is InChI=1S/C11H11F3O/c1-3-6(2)11(15)10-8(13)4-7(12)5-9(10)14/h4-6H,3H2,1-2H3.